The number of carbonyl (C=O) groups excluding carboxylic acids is 1. The molecule has 1 amide bonds. The van der Waals surface area contributed by atoms with Gasteiger partial charge in [-0.05, 0) is 40.0 Å². The molecule has 1 N–H and O–H groups in total. The molecule has 0 spiro atoms. The van der Waals surface area contributed by atoms with Crippen molar-refractivity contribution in [1.29, 1.82) is 0 Å². The Hall–Kier alpha value is -1.26. The van der Waals surface area contributed by atoms with Crippen LogP contribution in [0.15, 0.2) is 0 Å². The summed E-state index contributed by atoms with van der Waals surface area (Å²) in [5.41, 5.74) is -0.862. The predicted octanol–water partition coefficient (Wildman–Crippen LogP) is 1.86. The number of carbonyl (C=O) groups is 2. The molecule has 1 aliphatic rings. The van der Waals surface area contributed by atoms with Crippen molar-refractivity contribution in [1.82, 2.24) is 4.90 Å². The number of carboxylic acid groups (broad SMARTS) is 1. The summed E-state index contributed by atoms with van der Waals surface area (Å²) in [7, 11) is 0. The summed E-state index contributed by atoms with van der Waals surface area (Å²) in [5, 5.41) is 8.99. The van der Waals surface area contributed by atoms with Crippen molar-refractivity contribution in [3.05, 3.63) is 0 Å². The van der Waals surface area contributed by atoms with E-state index in [0.717, 1.165) is 17.7 Å². The van der Waals surface area contributed by atoms with Gasteiger partial charge in [0.05, 0.1) is 0 Å². The van der Waals surface area contributed by atoms with E-state index < -0.39 is 23.7 Å². The molecule has 1 aliphatic heterocycles. The first-order chi connectivity index (χ1) is 7.87. The summed E-state index contributed by atoms with van der Waals surface area (Å²) in [4.78, 5) is 24.0. The third kappa shape index (κ3) is 3.40. The Bertz CT molecular complexity index is 306. The predicted molar refractivity (Wildman–Crippen MR) is 58.2 cm³/mol. The van der Waals surface area contributed by atoms with Crippen LogP contribution in [0, 0.1) is 0 Å². The first kappa shape index (κ1) is 11.2. The van der Waals surface area contributed by atoms with Gasteiger partial charge in [-0.2, -0.15) is 0 Å². The lowest BCUT2D eigenvalue weighted by Crippen LogP contribution is -2.49. The van der Waals surface area contributed by atoms with Crippen molar-refractivity contribution in [2.75, 3.05) is 6.54 Å². The maximum atomic E-state index is 11.9. The lowest BCUT2D eigenvalue weighted by molar-refractivity contribution is -0.161. The fourth-order valence-electron chi connectivity index (χ4n) is 1.75. The van der Waals surface area contributed by atoms with Crippen LogP contribution in [0.25, 0.3) is 0 Å². The van der Waals surface area contributed by atoms with Gasteiger partial charge >= 0.3 is 12.1 Å². The van der Waals surface area contributed by atoms with E-state index in [2.05, 4.69) is 0 Å². The van der Waals surface area contributed by atoms with Crippen molar-refractivity contribution in [3.63, 3.8) is 0 Å². The van der Waals surface area contributed by atoms with Crippen LogP contribution in [-0.4, -0.2) is 40.3 Å². The molecule has 1 rings (SSSR count). The molecule has 0 aromatic heterocycles. The van der Waals surface area contributed by atoms with Gasteiger partial charge in [0.2, 0.25) is 0 Å². The monoisotopic (exact) mass is 230 g/mol. The molecule has 5 nitrogen and oxygen atoms in total. The number of hydrogen-bond acceptors (Lipinski definition) is 3. The average Bonchev–Trinajstić information content (AvgIpc) is 2.28. The second-order valence-electron chi connectivity index (χ2n) is 4.67. The van der Waals surface area contributed by atoms with Crippen LogP contribution >= 0.6 is 0 Å². The molecule has 1 fully saturated rings. The molecule has 5 heteroatoms. The number of piperidine rings is 1. The second kappa shape index (κ2) is 4.72. The van der Waals surface area contributed by atoms with Crippen LogP contribution in [0.2, 0.25) is 0 Å². The van der Waals surface area contributed by atoms with E-state index in [4.69, 9.17) is 11.2 Å². The van der Waals surface area contributed by atoms with Gasteiger partial charge in [-0.25, -0.2) is 9.59 Å². The summed E-state index contributed by atoms with van der Waals surface area (Å²) in [6, 6.07) is -0.716. The third-order valence-electron chi connectivity index (χ3n) is 2.40. The number of esters is 1. The number of ether oxygens (including phenoxy) is 1. The Morgan fingerprint density at radius 3 is 2.75 bits per heavy atom. The molecule has 0 aliphatic carbocycles. The molecule has 0 bridgehead atoms. The third-order valence-corrected chi connectivity index (χ3v) is 2.40. The van der Waals surface area contributed by atoms with E-state index in [0.29, 0.717) is 13.0 Å². The number of likely N-dealkylation sites (tertiary alicyclic amines) is 1. The van der Waals surface area contributed by atoms with Crippen LogP contribution in [0.4, 0.5) is 4.79 Å². The minimum absolute atomic E-state index is 0.0431. The summed E-state index contributed by atoms with van der Waals surface area (Å²) >= 11 is 0. The maximum Gasteiger partial charge on any atom is 0.408 e. The molecular weight excluding hydrogens is 210 g/mol. The zero-order chi connectivity index (χ0) is 13.1. The van der Waals surface area contributed by atoms with Gasteiger partial charge in [0, 0.05) is 7.92 Å². The van der Waals surface area contributed by atoms with Crippen molar-refractivity contribution in [2.24, 2.45) is 0 Å². The van der Waals surface area contributed by atoms with E-state index in [1.165, 1.54) is 0 Å². The van der Waals surface area contributed by atoms with Gasteiger partial charge in [0.25, 0.3) is 0 Å². The topological polar surface area (TPSA) is 66.8 Å². The van der Waals surface area contributed by atoms with E-state index in [-0.39, 0.29) is 6.90 Å². The molecule has 1 unspecified atom stereocenters. The first-order valence-corrected chi connectivity index (χ1v) is 5.39. The lowest BCUT2D eigenvalue weighted by Gasteiger charge is -2.33. The van der Waals surface area contributed by atoms with Crippen LogP contribution < -0.4 is 0 Å². The quantitative estimate of drug-likeness (QED) is 0.698. The smallest absolute Gasteiger partial charge is 0.408 e. The minimum atomic E-state index is -1.09. The Morgan fingerprint density at radius 2 is 2.19 bits per heavy atom. The van der Waals surface area contributed by atoms with Crippen molar-refractivity contribution < 1.29 is 20.8 Å². The molecule has 1 saturated heterocycles. The molecule has 1 atom stereocenters. The Morgan fingerprint density at radius 1 is 1.50 bits per heavy atom. The standard InChI is InChI=1S/C11H19NO4/c1-11(2,3)16-9(13)8-6-4-5-7-12(8)10(14)15/h8H,4-7H2,1-3H3,(H,14,15)/i1D. The highest BCUT2D eigenvalue weighted by Gasteiger charge is 2.34. The fourth-order valence-corrected chi connectivity index (χ4v) is 1.75. The van der Waals surface area contributed by atoms with Crippen LogP contribution in [-0.2, 0) is 9.53 Å². The Balaban J connectivity index is 2.69. The Labute approximate surface area is 96.8 Å². The molecule has 16 heavy (non-hydrogen) atoms. The normalized spacial score (nSPS) is 22.5. The van der Waals surface area contributed by atoms with Crippen molar-refractivity contribution >= 4 is 12.1 Å². The fraction of sp³-hybridized carbons (Fsp3) is 0.818. The molecule has 0 radical (unpaired) electrons. The molecule has 1 heterocycles. The van der Waals surface area contributed by atoms with Crippen LogP contribution in [0.1, 0.15) is 41.4 Å². The number of nitrogens with zero attached hydrogens (tertiary/aromatic N) is 1. The van der Waals surface area contributed by atoms with Gasteiger partial charge in [-0.1, -0.05) is 0 Å². The molecule has 92 valence electrons. The summed E-state index contributed by atoms with van der Waals surface area (Å²) in [6.45, 7) is 3.62. The molecule has 0 saturated carbocycles. The van der Waals surface area contributed by atoms with Crippen LogP contribution in [0.5, 0.6) is 0 Å². The Kier molecular flexibility index (Phi) is 3.31. The zero-order valence-electron chi connectivity index (χ0n) is 10.7. The van der Waals surface area contributed by atoms with E-state index in [1.807, 2.05) is 0 Å². The summed E-state index contributed by atoms with van der Waals surface area (Å²) < 4.78 is 12.4. The first-order valence-electron chi connectivity index (χ1n) is 6.10. The van der Waals surface area contributed by atoms with Gasteiger partial charge < -0.3 is 9.84 Å². The van der Waals surface area contributed by atoms with Crippen molar-refractivity contribution in [3.8, 4) is 0 Å². The largest absolute Gasteiger partial charge is 0.465 e. The summed E-state index contributed by atoms with van der Waals surface area (Å²) in [6.07, 6.45) is 1.01. The minimum Gasteiger partial charge on any atom is -0.465 e. The number of amides is 1. The number of rotatable bonds is 1. The van der Waals surface area contributed by atoms with E-state index in [9.17, 15) is 9.59 Å². The SMILES string of the molecule is [2H]CC(C)(C)OC(=O)C1CCCCN1C(=O)O. The highest BCUT2D eigenvalue weighted by molar-refractivity contribution is 5.81. The van der Waals surface area contributed by atoms with E-state index >= 15 is 0 Å². The molecule has 0 aromatic rings. The average molecular weight is 230 g/mol. The van der Waals surface area contributed by atoms with Gasteiger partial charge in [-0.15, -0.1) is 0 Å². The highest BCUT2D eigenvalue weighted by Crippen LogP contribution is 2.20. The lowest BCUT2D eigenvalue weighted by atomic mass is 10.0. The molecule has 0 aromatic carbocycles. The van der Waals surface area contributed by atoms with E-state index in [1.54, 1.807) is 13.8 Å². The van der Waals surface area contributed by atoms with Gasteiger partial charge in [-0.3, -0.25) is 4.90 Å². The maximum absolute atomic E-state index is 11.9. The van der Waals surface area contributed by atoms with Gasteiger partial charge in [0.1, 0.15) is 11.6 Å². The van der Waals surface area contributed by atoms with Crippen molar-refractivity contribution in [2.45, 2.75) is 51.7 Å². The van der Waals surface area contributed by atoms with Gasteiger partial charge in [0.15, 0.2) is 0 Å². The number of hydrogen-bond donors (Lipinski definition) is 1. The zero-order valence-corrected chi connectivity index (χ0v) is 9.73. The summed E-state index contributed by atoms with van der Waals surface area (Å²) in [5.74, 6) is -0.538. The highest BCUT2D eigenvalue weighted by atomic mass is 16.6. The second-order valence-corrected chi connectivity index (χ2v) is 4.67. The van der Waals surface area contributed by atoms with Crippen LogP contribution in [0.3, 0.4) is 0 Å². The molecular formula is C11H19NO4.